The van der Waals surface area contributed by atoms with Crippen molar-refractivity contribution < 1.29 is 9.53 Å². The number of aromatic amines is 1. The summed E-state index contributed by atoms with van der Waals surface area (Å²) < 4.78 is 4.89. The van der Waals surface area contributed by atoms with Gasteiger partial charge >= 0.3 is 5.97 Å². The molecular weight excluding hydrogens is 254 g/mol. The molecule has 0 saturated carbocycles. The molecule has 5 nitrogen and oxygen atoms in total. The number of hydrogen-bond acceptors (Lipinski definition) is 4. The number of carbonyl (C=O) groups excluding carboxylic acids is 1. The number of esters is 1. The first kappa shape index (κ1) is 14.1. The Bertz CT molecular complexity index is 537. The summed E-state index contributed by atoms with van der Waals surface area (Å²) in [6.07, 6.45) is 3.76. The van der Waals surface area contributed by atoms with Crippen LogP contribution in [-0.2, 0) is 16.0 Å². The highest BCUT2D eigenvalue weighted by molar-refractivity contribution is 5.69. The Morgan fingerprint density at radius 1 is 1.35 bits per heavy atom. The van der Waals surface area contributed by atoms with Crippen LogP contribution in [-0.4, -0.2) is 22.5 Å². The molecule has 1 aromatic carbocycles. The number of ether oxygens (including phenoxy) is 1. The molecule has 0 amide bonds. The Labute approximate surface area is 118 Å². The van der Waals surface area contributed by atoms with E-state index in [1.165, 1.54) is 0 Å². The van der Waals surface area contributed by atoms with E-state index < -0.39 is 0 Å². The van der Waals surface area contributed by atoms with Crippen molar-refractivity contribution >= 4 is 17.6 Å². The maximum Gasteiger partial charge on any atom is 0.305 e. The van der Waals surface area contributed by atoms with Gasteiger partial charge < -0.3 is 15.0 Å². The maximum absolute atomic E-state index is 11.2. The van der Waals surface area contributed by atoms with E-state index in [0.29, 0.717) is 19.0 Å². The summed E-state index contributed by atoms with van der Waals surface area (Å²) >= 11 is 0. The second kappa shape index (κ2) is 7.33. The van der Waals surface area contributed by atoms with Crippen LogP contribution >= 0.6 is 0 Å². The summed E-state index contributed by atoms with van der Waals surface area (Å²) in [5.41, 5.74) is 1.99. The van der Waals surface area contributed by atoms with Crippen LogP contribution in [0.5, 0.6) is 0 Å². The molecule has 0 aliphatic heterocycles. The van der Waals surface area contributed by atoms with Crippen LogP contribution in [0.4, 0.5) is 11.6 Å². The van der Waals surface area contributed by atoms with E-state index in [2.05, 4.69) is 15.3 Å². The lowest BCUT2D eigenvalue weighted by Gasteiger charge is -2.02. The van der Waals surface area contributed by atoms with E-state index in [1.807, 2.05) is 37.3 Å². The zero-order valence-corrected chi connectivity index (χ0v) is 11.6. The van der Waals surface area contributed by atoms with Gasteiger partial charge in [-0.3, -0.25) is 4.79 Å². The van der Waals surface area contributed by atoms with Gasteiger partial charge in [0.05, 0.1) is 12.8 Å². The number of aromatic nitrogens is 2. The van der Waals surface area contributed by atoms with Gasteiger partial charge in [-0.05, 0) is 31.9 Å². The molecule has 5 heteroatoms. The molecule has 2 rings (SSSR count). The van der Waals surface area contributed by atoms with E-state index in [-0.39, 0.29) is 5.97 Å². The minimum Gasteiger partial charge on any atom is -0.466 e. The van der Waals surface area contributed by atoms with Crippen molar-refractivity contribution in [2.75, 3.05) is 11.9 Å². The molecule has 2 N–H and O–H groups in total. The number of rotatable bonds is 7. The van der Waals surface area contributed by atoms with Crippen molar-refractivity contribution in [3.8, 4) is 0 Å². The van der Waals surface area contributed by atoms with Crippen molar-refractivity contribution in [3.05, 3.63) is 42.2 Å². The number of nitrogens with zero attached hydrogens (tertiary/aromatic N) is 1. The fourth-order valence-corrected chi connectivity index (χ4v) is 1.86. The molecule has 0 spiro atoms. The third kappa shape index (κ3) is 4.42. The molecule has 1 heterocycles. The lowest BCUT2D eigenvalue weighted by atomic mass is 10.2. The summed E-state index contributed by atoms with van der Waals surface area (Å²) in [5.74, 6) is 0.567. The molecule has 0 saturated heterocycles. The Hall–Kier alpha value is -2.30. The third-order valence-corrected chi connectivity index (χ3v) is 2.80. The summed E-state index contributed by atoms with van der Waals surface area (Å²) in [4.78, 5) is 18.7. The highest BCUT2D eigenvalue weighted by atomic mass is 16.5. The number of benzene rings is 1. The lowest BCUT2D eigenvalue weighted by molar-refractivity contribution is -0.143. The smallest absolute Gasteiger partial charge is 0.305 e. The van der Waals surface area contributed by atoms with Crippen molar-refractivity contribution in [1.82, 2.24) is 9.97 Å². The molecule has 0 unspecified atom stereocenters. The number of imidazole rings is 1. The average molecular weight is 273 g/mol. The predicted molar refractivity (Wildman–Crippen MR) is 77.9 cm³/mol. The number of aryl methyl sites for hydroxylation is 1. The molecule has 106 valence electrons. The molecular formula is C15H19N3O2. The maximum atomic E-state index is 11.2. The summed E-state index contributed by atoms with van der Waals surface area (Å²) in [7, 11) is 0. The highest BCUT2D eigenvalue weighted by Crippen LogP contribution is 2.13. The van der Waals surface area contributed by atoms with E-state index in [4.69, 9.17) is 4.74 Å². The third-order valence-electron chi connectivity index (χ3n) is 2.80. The van der Waals surface area contributed by atoms with Crippen LogP contribution in [0.3, 0.4) is 0 Å². The quantitative estimate of drug-likeness (QED) is 0.761. The molecule has 20 heavy (non-hydrogen) atoms. The Morgan fingerprint density at radius 3 is 2.90 bits per heavy atom. The summed E-state index contributed by atoms with van der Waals surface area (Å²) in [6.45, 7) is 2.25. The van der Waals surface area contributed by atoms with Crippen molar-refractivity contribution in [1.29, 1.82) is 0 Å². The number of para-hydroxylation sites is 1. The molecule has 0 bridgehead atoms. The van der Waals surface area contributed by atoms with Gasteiger partial charge in [-0.25, -0.2) is 4.98 Å². The zero-order chi connectivity index (χ0) is 14.2. The number of nitrogens with one attached hydrogen (secondary N) is 2. The van der Waals surface area contributed by atoms with E-state index in [0.717, 1.165) is 24.2 Å². The highest BCUT2D eigenvalue weighted by Gasteiger charge is 2.04. The van der Waals surface area contributed by atoms with Gasteiger partial charge in [0.25, 0.3) is 0 Å². The SMILES string of the molecule is CCOC(=O)CCCc1cnc(Nc2ccccc2)[nH]1. The topological polar surface area (TPSA) is 67.0 Å². The van der Waals surface area contributed by atoms with E-state index >= 15 is 0 Å². The van der Waals surface area contributed by atoms with Crippen LogP contribution in [0.25, 0.3) is 0 Å². The van der Waals surface area contributed by atoms with Crippen LogP contribution in [0, 0.1) is 0 Å². The Kier molecular flexibility index (Phi) is 5.17. The molecule has 0 atom stereocenters. The molecule has 0 aliphatic carbocycles. The first-order chi connectivity index (χ1) is 9.78. The number of hydrogen-bond donors (Lipinski definition) is 2. The second-order valence-electron chi connectivity index (χ2n) is 4.41. The Balaban J connectivity index is 1.79. The number of carbonyl (C=O) groups is 1. The predicted octanol–water partition coefficient (Wildman–Crippen LogP) is 3.04. The monoisotopic (exact) mass is 273 g/mol. The molecule has 0 fully saturated rings. The van der Waals surface area contributed by atoms with Crippen LogP contribution in [0.1, 0.15) is 25.5 Å². The lowest BCUT2D eigenvalue weighted by Crippen LogP contribution is -2.04. The largest absolute Gasteiger partial charge is 0.466 e. The normalized spacial score (nSPS) is 10.2. The minimum absolute atomic E-state index is 0.144. The number of anilines is 2. The van der Waals surface area contributed by atoms with Gasteiger partial charge in [0, 0.05) is 17.8 Å². The summed E-state index contributed by atoms with van der Waals surface area (Å²) in [5, 5.41) is 3.19. The van der Waals surface area contributed by atoms with Gasteiger partial charge in [-0.1, -0.05) is 18.2 Å². The van der Waals surface area contributed by atoms with Gasteiger partial charge in [0.2, 0.25) is 5.95 Å². The first-order valence-corrected chi connectivity index (χ1v) is 6.79. The Morgan fingerprint density at radius 2 is 2.15 bits per heavy atom. The minimum atomic E-state index is -0.144. The average Bonchev–Trinajstić information content (AvgIpc) is 2.88. The van der Waals surface area contributed by atoms with E-state index in [1.54, 1.807) is 6.20 Å². The fourth-order valence-electron chi connectivity index (χ4n) is 1.86. The molecule has 2 aromatic rings. The van der Waals surface area contributed by atoms with Crippen LogP contribution in [0.2, 0.25) is 0 Å². The fraction of sp³-hybridized carbons (Fsp3) is 0.333. The first-order valence-electron chi connectivity index (χ1n) is 6.79. The zero-order valence-electron chi connectivity index (χ0n) is 11.6. The van der Waals surface area contributed by atoms with Crippen molar-refractivity contribution in [2.45, 2.75) is 26.2 Å². The van der Waals surface area contributed by atoms with Gasteiger partial charge in [-0.2, -0.15) is 0 Å². The number of H-pyrrole nitrogens is 1. The summed E-state index contributed by atoms with van der Waals surface area (Å²) in [6, 6.07) is 9.84. The second-order valence-corrected chi connectivity index (χ2v) is 4.41. The van der Waals surface area contributed by atoms with Crippen molar-refractivity contribution in [2.24, 2.45) is 0 Å². The van der Waals surface area contributed by atoms with Crippen LogP contribution in [0.15, 0.2) is 36.5 Å². The van der Waals surface area contributed by atoms with Crippen LogP contribution < -0.4 is 5.32 Å². The van der Waals surface area contributed by atoms with E-state index in [9.17, 15) is 4.79 Å². The molecule has 0 radical (unpaired) electrons. The van der Waals surface area contributed by atoms with Gasteiger partial charge in [0.1, 0.15) is 0 Å². The molecule has 1 aromatic heterocycles. The van der Waals surface area contributed by atoms with Gasteiger partial charge in [0.15, 0.2) is 0 Å². The van der Waals surface area contributed by atoms with Gasteiger partial charge in [-0.15, -0.1) is 0 Å². The van der Waals surface area contributed by atoms with Crippen molar-refractivity contribution in [3.63, 3.8) is 0 Å². The standard InChI is InChI=1S/C15H19N3O2/c1-2-20-14(19)10-6-9-13-11-16-15(18-13)17-12-7-4-3-5-8-12/h3-5,7-8,11H,2,6,9-10H2,1H3,(H2,16,17,18). The molecule has 0 aliphatic rings.